The summed E-state index contributed by atoms with van der Waals surface area (Å²) < 4.78 is 31.2. The largest absolute Gasteiger partial charge is 0.469 e. The Morgan fingerprint density at radius 1 is 1.29 bits per heavy atom. The lowest BCUT2D eigenvalue weighted by Gasteiger charge is -2.06. The molecule has 0 amide bonds. The standard InChI is InChI=1S/C13H15N3O4S/c1-20-13(17)6-10-2-4-12(5-3-10)21(18,19)16-9-11-7-14-15-8-11/h2-5,7-8,16H,6,9H2,1H3,(H,14,15). The molecule has 0 atom stereocenters. The van der Waals surface area contributed by atoms with Crippen molar-refractivity contribution in [3.05, 3.63) is 47.8 Å². The maximum absolute atomic E-state index is 12.1. The number of benzene rings is 1. The number of carbonyl (C=O) groups excluding carboxylic acids is 1. The van der Waals surface area contributed by atoms with Gasteiger partial charge in [-0.3, -0.25) is 9.89 Å². The average molecular weight is 309 g/mol. The van der Waals surface area contributed by atoms with E-state index in [-0.39, 0.29) is 23.8 Å². The van der Waals surface area contributed by atoms with E-state index in [1.54, 1.807) is 24.5 Å². The number of nitrogens with one attached hydrogen (secondary N) is 2. The fraction of sp³-hybridized carbons (Fsp3) is 0.231. The Balaban J connectivity index is 2.04. The molecule has 0 aliphatic heterocycles. The lowest BCUT2D eigenvalue weighted by Crippen LogP contribution is -2.23. The van der Waals surface area contributed by atoms with Crippen LogP contribution in [0.3, 0.4) is 0 Å². The molecule has 2 rings (SSSR count). The van der Waals surface area contributed by atoms with Crippen molar-refractivity contribution >= 4 is 16.0 Å². The van der Waals surface area contributed by atoms with Gasteiger partial charge in [0.05, 0.1) is 24.6 Å². The number of hydrogen-bond acceptors (Lipinski definition) is 5. The SMILES string of the molecule is COC(=O)Cc1ccc(S(=O)(=O)NCc2cn[nH]c2)cc1. The van der Waals surface area contributed by atoms with Gasteiger partial charge in [0, 0.05) is 18.3 Å². The van der Waals surface area contributed by atoms with Crippen LogP contribution in [0.15, 0.2) is 41.6 Å². The molecule has 1 aromatic heterocycles. The van der Waals surface area contributed by atoms with Crippen molar-refractivity contribution < 1.29 is 17.9 Å². The molecular weight excluding hydrogens is 294 g/mol. The third-order valence-electron chi connectivity index (χ3n) is 2.83. The fourth-order valence-electron chi connectivity index (χ4n) is 1.66. The molecule has 112 valence electrons. The quantitative estimate of drug-likeness (QED) is 0.761. The minimum atomic E-state index is -3.60. The highest BCUT2D eigenvalue weighted by atomic mass is 32.2. The summed E-state index contributed by atoms with van der Waals surface area (Å²) in [7, 11) is -2.29. The lowest BCUT2D eigenvalue weighted by atomic mass is 10.2. The second kappa shape index (κ2) is 6.51. The van der Waals surface area contributed by atoms with E-state index in [1.165, 1.54) is 19.2 Å². The maximum Gasteiger partial charge on any atom is 0.309 e. The van der Waals surface area contributed by atoms with Crippen LogP contribution in [0.5, 0.6) is 0 Å². The zero-order valence-electron chi connectivity index (χ0n) is 11.4. The molecule has 2 aromatic rings. The van der Waals surface area contributed by atoms with E-state index in [1.807, 2.05) is 0 Å². The van der Waals surface area contributed by atoms with E-state index in [4.69, 9.17) is 0 Å². The molecule has 0 saturated heterocycles. The van der Waals surface area contributed by atoms with Crippen LogP contribution >= 0.6 is 0 Å². The number of aromatic amines is 1. The summed E-state index contributed by atoms with van der Waals surface area (Å²) in [5.41, 5.74) is 1.43. The van der Waals surface area contributed by atoms with E-state index in [0.29, 0.717) is 5.56 Å². The monoisotopic (exact) mass is 309 g/mol. The normalized spacial score (nSPS) is 11.3. The van der Waals surface area contributed by atoms with E-state index in [9.17, 15) is 13.2 Å². The van der Waals surface area contributed by atoms with Crippen LogP contribution in [0.2, 0.25) is 0 Å². The Hall–Kier alpha value is -2.19. The lowest BCUT2D eigenvalue weighted by molar-refractivity contribution is -0.139. The highest BCUT2D eigenvalue weighted by Crippen LogP contribution is 2.12. The minimum Gasteiger partial charge on any atom is -0.469 e. The summed E-state index contributed by atoms with van der Waals surface area (Å²) >= 11 is 0. The molecule has 0 fully saturated rings. The molecule has 0 spiro atoms. The highest BCUT2D eigenvalue weighted by Gasteiger charge is 2.14. The van der Waals surface area contributed by atoms with E-state index < -0.39 is 10.0 Å². The second-order valence-corrected chi connectivity index (χ2v) is 6.09. The predicted molar refractivity (Wildman–Crippen MR) is 74.8 cm³/mol. The van der Waals surface area contributed by atoms with Crippen molar-refractivity contribution in [2.75, 3.05) is 7.11 Å². The smallest absolute Gasteiger partial charge is 0.309 e. The van der Waals surface area contributed by atoms with Crippen molar-refractivity contribution in [1.29, 1.82) is 0 Å². The first-order valence-electron chi connectivity index (χ1n) is 6.14. The number of rotatable bonds is 6. The Bertz CT molecular complexity index is 694. The van der Waals surface area contributed by atoms with Gasteiger partial charge in [-0.2, -0.15) is 5.10 Å². The number of nitrogens with zero attached hydrogens (tertiary/aromatic N) is 1. The van der Waals surface area contributed by atoms with Gasteiger partial charge >= 0.3 is 5.97 Å². The van der Waals surface area contributed by atoms with Gasteiger partial charge in [0.2, 0.25) is 10.0 Å². The fourth-order valence-corrected chi connectivity index (χ4v) is 2.68. The van der Waals surface area contributed by atoms with Gasteiger partial charge in [0.1, 0.15) is 0 Å². The number of carbonyl (C=O) groups is 1. The summed E-state index contributed by atoms with van der Waals surface area (Å²) in [6.07, 6.45) is 3.27. The molecule has 7 nitrogen and oxygen atoms in total. The van der Waals surface area contributed by atoms with Crippen LogP contribution in [0.4, 0.5) is 0 Å². The topological polar surface area (TPSA) is 101 Å². The minimum absolute atomic E-state index is 0.110. The van der Waals surface area contributed by atoms with Crippen LogP contribution in [-0.4, -0.2) is 31.7 Å². The van der Waals surface area contributed by atoms with Gasteiger partial charge in [-0.25, -0.2) is 13.1 Å². The van der Waals surface area contributed by atoms with Crippen molar-refractivity contribution in [2.45, 2.75) is 17.9 Å². The van der Waals surface area contributed by atoms with Crippen LogP contribution in [0.1, 0.15) is 11.1 Å². The van der Waals surface area contributed by atoms with Gasteiger partial charge in [-0.05, 0) is 17.7 Å². The maximum atomic E-state index is 12.1. The number of H-pyrrole nitrogens is 1. The van der Waals surface area contributed by atoms with Crippen molar-refractivity contribution in [1.82, 2.24) is 14.9 Å². The molecule has 1 aromatic carbocycles. The third-order valence-corrected chi connectivity index (χ3v) is 4.25. The molecule has 2 N–H and O–H groups in total. The Kier molecular flexibility index (Phi) is 4.71. The Morgan fingerprint density at radius 3 is 2.57 bits per heavy atom. The molecule has 1 heterocycles. The van der Waals surface area contributed by atoms with Crippen LogP contribution < -0.4 is 4.72 Å². The molecule has 0 unspecified atom stereocenters. The Morgan fingerprint density at radius 2 is 2.00 bits per heavy atom. The van der Waals surface area contributed by atoms with Crippen LogP contribution in [-0.2, 0) is 32.5 Å². The number of methoxy groups -OCH3 is 1. The number of sulfonamides is 1. The van der Waals surface area contributed by atoms with Gasteiger partial charge in [0.15, 0.2) is 0 Å². The molecule has 0 radical (unpaired) electrons. The first-order chi connectivity index (χ1) is 10.0. The van der Waals surface area contributed by atoms with E-state index in [0.717, 1.165) is 5.56 Å². The van der Waals surface area contributed by atoms with Crippen molar-refractivity contribution in [3.63, 3.8) is 0 Å². The second-order valence-electron chi connectivity index (χ2n) is 4.33. The van der Waals surface area contributed by atoms with Gasteiger partial charge < -0.3 is 4.74 Å². The zero-order valence-corrected chi connectivity index (χ0v) is 12.2. The molecule has 0 aliphatic carbocycles. The van der Waals surface area contributed by atoms with Crippen LogP contribution in [0, 0.1) is 0 Å². The van der Waals surface area contributed by atoms with Gasteiger partial charge in [-0.1, -0.05) is 12.1 Å². The van der Waals surface area contributed by atoms with E-state index >= 15 is 0 Å². The summed E-state index contributed by atoms with van der Waals surface area (Å²) in [4.78, 5) is 11.3. The van der Waals surface area contributed by atoms with Crippen molar-refractivity contribution in [2.24, 2.45) is 0 Å². The highest BCUT2D eigenvalue weighted by molar-refractivity contribution is 7.89. The Labute approximate surface area is 122 Å². The number of aromatic nitrogens is 2. The molecule has 21 heavy (non-hydrogen) atoms. The summed E-state index contributed by atoms with van der Waals surface area (Å²) in [5.74, 6) is -0.372. The molecular formula is C13H15N3O4S. The third kappa shape index (κ3) is 4.14. The van der Waals surface area contributed by atoms with Crippen LogP contribution in [0.25, 0.3) is 0 Å². The first kappa shape index (κ1) is 15.2. The molecule has 0 saturated carbocycles. The first-order valence-corrected chi connectivity index (χ1v) is 7.62. The van der Waals surface area contributed by atoms with Crippen molar-refractivity contribution in [3.8, 4) is 0 Å². The molecule has 8 heteroatoms. The summed E-state index contributed by atoms with van der Waals surface area (Å²) in [6, 6.07) is 6.08. The average Bonchev–Trinajstić information content (AvgIpc) is 2.99. The summed E-state index contributed by atoms with van der Waals surface area (Å²) in [6.45, 7) is 0.156. The van der Waals surface area contributed by atoms with Gasteiger partial charge in [0.25, 0.3) is 0 Å². The number of ether oxygens (including phenoxy) is 1. The zero-order chi connectivity index (χ0) is 15.3. The molecule has 0 aliphatic rings. The summed E-state index contributed by atoms with van der Waals surface area (Å²) in [5, 5.41) is 6.35. The van der Waals surface area contributed by atoms with Gasteiger partial charge in [-0.15, -0.1) is 0 Å². The number of hydrogen-bond donors (Lipinski definition) is 2. The predicted octanol–water partition coefficient (Wildman–Crippen LogP) is 0.604. The van der Waals surface area contributed by atoms with E-state index in [2.05, 4.69) is 19.7 Å². The molecule has 0 bridgehead atoms. The number of esters is 1.